The summed E-state index contributed by atoms with van der Waals surface area (Å²) in [6.45, 7) is 2.32. The van der Waals surface area contributed by atoms with Gasteiger partial charge in [-0.25, -0.2) is 4.98 Å². The average Bonchev–Trinajstić information content (AvgIpc) is 3.28. The molecule has 1 aliphatic heterocycles. The minimum Gasteiger partial charge on any atom is -0.341 e. The van der Waals surface area contributed by atoms with Gasteiger partial charge in [-0.05, 0) is 30.7 Å². The van der Waals surface area contributed by atoms with Crippen LogP contribution in [-0.2, 0) is 17.9 Å². The fourth-order valence-corrected chi connectivity index (χ4v) is 4.05. The number of nitrogens with one attached hydrogen (secondary N) is 2. The molecule has 0 spiro atoms. The first-order valence-corrected chi connectivity index (χ1v) is 11.6. The van der Waals surface area contributed by atoms with E-state index in [2.05, 4.69) is 15.3 Å². The molecular formula is C26H28N6O3. The molecule has 4 rings (SSSR count). The van der Waals surface area contributed by atoms with E-state index in [0.29, 0.717) is 36.3 Å². The second-order valence-corrected chi connectivity index (χ2v) is 8.53. The molecule has 2 aromatic heterocycles. The van der Waals surface area contributed by atoms with Crippen LogP contribution in [0.2, 0.25) is 0 Å². The predicted octanol–water partition coefficient (Wildman–Crippen LogP) is 2.29. The molecule has 1 fully saturated rings. The number of rotatable bonds is 10. The lowest BCUT2D eigenvalue weighted by Gasteiger charge is -2.16. The zero-order chi connectivity index (χ0) is 24.8. The molecule has 1 saturated heterocycles. The van der Waals surface area contributed by atoms with Crippen LogP contribution in [0.15, 0.2) is 59.8 Å². The Kier molecular flexibility index (Phi) is 7.57. The van der Waals surface area contributed by atoms with Crippen LogP contribution in [0.5, 0.6) is 0 Å². The highest BCUT2D eigenvalue weighted by Crippen LogP contribution is 2.16. The van der Waals surface area contributed by atoms with E-state index < -0.39 is 0 Å². The quantitative estimate of drug-likeness (QED) is 0.345. The van der Waals surface area contributed by atoms with Gasteiger partial charge in [0.25, 0.3) is 5.56 Å². The van der Waals surface area contributed by atoms with Gasteiger partial charge in [-0.15, -0.1) is 0 Å². The summed E-state index contributed by atoms with van der Waals surface area (Å²) in [5.41, 5.74) is 3.10. The molecule has 180 valence electrons. The number of likely N-dealkylation sites (tertiary alicyclic amines) is 1. The lowest BCUT2D eigenvalue weighted by molar-refractivity contribution is -0.127. The number of carbonyl (C=O) groups is 2. The molecule has 0 atom stereocenters. The van der Waals surface area contributed by atoms with E-state index in [4.69, 9.17) is 5.41 Å². The average molecular weight is 473 g/mol. The number of pyridine rings is 1. The Morgan fingerprint density at radius 2 is 1.89 bits per heavy atom. The van der Waals surface area contributed by atoms with Crippen LogP contribution in [0.25, 0.3) is 11.3 Å². The number of amides is 1. The van der Waals surface area contributed by atoms with Crippen molar-refractivity contribution < 1.29 is 9.59 Å². The second-order valence-electron chi connectivity index (χ2n) is 8.53. The van der Waals surface area contributed by atoms with E-state index in [1.54, 1.807) is 21.7 Å². The Morgan fingerprint density at radius 1 is 1.09 bits per heavy atom. The fourth-order valence-electron chi connectivity index (χ4n) is 4.05. The highest BCUT2D eigenvalue weighted by molar-refractivity contribution is 6.14. The van der Waals surface area contributed by atoms with E-state index >= 15 is 0 Å². The third kappa shape index (κ3) is 5.93. The molecule has 35 heavy (non-hydrogen) atoms. The fraction of sp³-hybridized carbons (Fsp3) is 0.308. The molecule has 1 amide bonds. The van der Waals surface area contributed by atoms with E-state index in [0.717, 1.165) is 25.1 Å². The van der Waals surface area contributed by atoms with Crippen molar-refractivity contribution in [2.24, 2.45) is 0 Å². The maximum Gasteiger partial charge on any atom is 0.250 e. The maximum absolute atomic E-state index is 12.8. The Morgan fingerprint density at radius 3 is 2.60 bits per heavy atom. The van der Waals surface area contributed by atoms with Crippen molar-refractivity contribution in [1.82, 2.24) is 24.8 Å². The SMILES string of the molecule is CNCc1ccc(C(=N)CC(=O)c2cncc(-c3ccc(=O)n(CCN4CCCC4=O)c3)n2)cc1. The Labute approximate surface area is 203 Å². The lowest BCUT2D eigenvalue weighted by atomic mass is 10.0. The number of aromatic nitrogens is 3. The maximum atomic E-state index is 12.8. The molecular weight excluding hydrogens is 444 g/mol. The Bertz CT molecular complexity index is 1300. The van der Waals surface area contributed by atoms with Crippen LogP contribution in [0.4, 0.5) is 0 Å². The molecule has 0 saturated carbocycles. The standard InChI is InChI=1S/C26H28N6O3/c1-28-14-18-4-6-19(7-5-18)21(27)13-24(33)23-16-29-15-22(30-23)20-8-9-26(35)32(17-20)12-11-31-10-2-3-25(31)34/h4-9,15-17,27-28H,2-3,10-14H2,1H3. The van der Waals surface area contributed by atoms with Crippen molar-refractivity contribution in [2.45, 2.75) is 32.4 Å². The zero-order valence-corrected chi connectivity index (χ0v) is 19.7. The molecule has 3 heterocycles. The number of hydrogen-bond donors (Lipinski definition) is 2. The topological polar surface area (TPSA) is 121 Å². The van der Waals surface area contributed by atoms with Gasteiger partial charge in [0.05, 0.1) is 24.5 Å². The third-order valence-electron chi connectivity index (χ3n) is 6.00. The van der Waals surface area contributed by atoms with Crippen LogP contribution in [0.1, 0.15) is 40.9 Å². The van der Waals surface area contributed by atoms with Crippen LogP contribution >= 0.6 is 0 Å². The van der Waals surface area contributed by atoms with Crippen molar-refractivity contribution in [3.05, 3.63) is 82.2 Å². The molecule has 0 bridgehead atoms. The van der Waals surface area contributed by atoms with Gasteiger partial charge in [-0.3, -0.25) is 19.4 Å². The minimum atomic E-state index is -0.301. The number of benzene rings is 1. The summed E-state index contributed by atoms with van der Waals surface area (Å²) in [5, 5.41) is 11.4. The van der Waals surface area contributed by atoms with E-state index in [1.807, 2.05) is 31.3 Å². The van der Waals surface area contributed by atoms with Gasteiger partial charge in [-0.2, -0.15) is 0 Å². The summed E-state index contributed by atoms with van der Waals surface area (Å²) in [5.74, 6) is -0.185. The smallest absolute Gasteiger partial charge is 0.250 e. The summed E-state index contributed by atoms with van der Waals surface area (Å²) >= 11 is 0. The van der Waals surface area contributed by atoms with Gasteiger partial charge in [0, 0.05) is 56.1 Å². The number of hydrogen-bond acceptors (Lipinski definition) is 7. The first-order chi connectivity index (χ1) is 16.9. The molecule has 1 aliphatic rings. The summed E-state index contributed by atoms with van der Waals surface area (Å²) in [4.78, 5) is 47.4. The van der Waals surface area contributed by atoms with Gasteiger partial charge in [-0.1, -0.05) is 24.3 Å². The first kappa shape index (κ1) is 24.2. The Balaban J connectivity index is 1.46. The molecule has 0 unspecified atom stereocenters. The van der Waals surface area contributed by atoms with Crippen molar-refractivity contribution in [3.63, 3.8) is 0 Å². The number of carbonyl (C=O) groups excluding carboxylic acids is 2. The number of ketones is 1. The minimum absolute atomic E-state index is 0.0904. The van der Waals surface area contributed by atoms with Crippen LogP contribution in [0.3, 0.4) is 0 Å². The van der Waals surface area contributed by atoms with Crippen molar-refractivity contribution in [1.29, 1.82) is 5.41 Å². The third-order valence-corrected chi connectivity index (χ3v) is 6.00. The van der Waals surface area contributed by atoms with Crippen molar-refractivity contribution in [3.8, 4) is 11.3 Å². The number of Topliss-reactive ketones (excluding diaryl/α,β-unsaturated/α-hetero) is 1. The lowest BCUT2D eigenvalue weighted by Crippen LogP contribution is -2.31. The molecule has 1 aromatic carbocycles. The van der Waals surface area contributed by atoms with Crippen LogP contribution in [-0.4, -0.2) is 57.0 Å². The molecule has 9 heteroatoms. The number of nitrogens with zero attached hydrogens (tertiary/aromatic N) is 4. The normalized spacial score (nSPS) is 13.3. The second kappa shape index (κ2) is 11.0. The highest BCUT2D eigenvalue weighted by Gasteiger charge is 2.20. The van der Waals surface area contributed by atoms with Crippen molar-refractivity contribution in [2.75, 3.05) is 20.1 Å². The van der Waals surface area contributed by atoms with Gasteiger partial charge >= 0.3 is 0 Å². The summed E-state index contributed by atoms with van der Waals surface area (Å²) in [6.07, 6.45) is 5.93. The Hall–Kier alpha value is -3.98. The molecule has 0 aliphatic carbocycles. The predicted molar refractivity (Wildman–Crippen MR) is 133 cm³/mol. The van der Waals surface area contributed by atoms with Gasteiger partial charge in [0.1, 0.15) is 5.69 Å². The zero-order valence-electron chi connectivity index (χ0n) is 19.7. The highest BCUT2D eigenvalue weighted by atomic mass is 16.2. The monoisotopic (exact) mass is 472 g/mol. The van der Waals surface area contributed by atoms with E-state index in [-0.39, 0.29) is 35.1 Å². The largest absolute Gasteiger partial charge is 0.341 e. The molecule has 9 nitrogen and oxygen atoms in total. The van der Waals surface area contributed by atoms with Gasteiger partial charge in [0.2, 0.25) is 5.91 Å². The van der Waals surface area contributed by atoms with Crippen molar-refractivity contribution >= 4 is 17.4 Å². The van der Waals surface area contributed by atoms with Crippen LogP contribution < -0.4 is 10.9 Å². The van der Waals surface area contributed by atoms with E-state index in [9.17, 15) is 14.4 Å². The first-order valence-electron chi connectivity index (χ1n) is 11.6. The summed E-state index contributed by atoms with van der Waals surface area (Å²) < 4.78 is 1.55. The summed E-state index contributed by atoms with van der Waals surface area (Å²) in [7, 11) is 1.87. The van der Waals surface area contributed by atoms with Gasteiger partial charge < -0.3 is 20.2 Å². The molecule has 2 N–H and O–H groups in total. The van der Waals surface area contributed by atoms with E-state index in [1.165, 1.54) is 18.5 Å². The molecule has 0 radical (unpaired) electrons. The summed E-state index contributed by atoms with van der Waals surface area (Å²) in [6, 6.07) is 10.6. The molecule has 3 aromatic rings. The van der Waals surface area contributed by atoms with Gasteiger partial charge in [0.15, 0.2) is 5.78 Å². The van der Waals surface area contributed by atoms with Crippen LogP contribution in [0, 0.1) is 5.41 Å².